The lowest BCUT2D eigenvalue weighted by molar-refractivity contribution is 0.0681. The Bertz CT molecular complexity index is 1000. The van der Waals surface area contributed by atoms with Crippen LogP contribution in [0.4, 0.5) is 0 Å². The number of hydrogen-bond donors (Lipinski definition) is 1. The number of fused-ring (bicyclic) bond motifs is 2. The van der Waals surface area contributed by atoms with Crippen LogP contribution < -0.4 is 5.32 Å². The summed E-state index contributed by atoms with van der Waals surface area (Å²) < 4.78 is 1.90. The van der Waals surface area contributed by atoms with Crippen molar-refractivity contribution in [1.82, 2.24) is 20.0 Å². The SMILES string of the molecule is CN(C(=O)c1cccc(-n2nccc2-c2ccccc2)c1)C1CC2CCC(C1)N2. The number of aromatic nitrogens is 2. The summed E-state index contributed by atoms with van der Waals surface area (Å²) in [5.41, 5.74) is 3.73. The van der Waals surface area contributed by atoms with Gasteiger partial charge in [-0.15, -0.1) is 0 Å². The lowest BCUT2D eigenvalue weighted by Gasteiger charge is -2.35. The molecular weight excluding hydrogens is 360 g/mol. The van der Waals surface area contributed by atoms with Crippen molar-refractivity contribution in [3.63, 3.8) is 0 Å². The molecule has 0 radical (unpaired) electrons. The first kappa shape index (κ1) is 18.1. The fourth-order valence-electron chi connectivity index (χ4n) is 4.82. The number of benzene rings is 2. The van der Waals surface area contributed by atoms with Gasteiger partial charge in [0.2, 0.25) is 0 Å². The summed E-state index contributed by atoms with van der Waals surface area (Å²) in [6.07, 6.45) is 6.37. The van der Waals surface area contributed by atoms with E-state index in [1.54, 1.807) is 6.20 Å². The summed E-state index contributed by atoms with van der Waals surface area (Å²) in [6, 6.07) is 21.4. The molecule has 5 nitrogen and oxygen atoms in total. The molecule has 0 saturated carbocycles. The molecule has 1 amide bonds. The lowest BCUT2D eigenvalue weighted by Crippen LogP contribution is -2.48. The van der Waals surface area contributed by atoms with Crippen LogP contribution in [0.25, 0.3) is 16.9 Å². The van der Waals surface area contributed by atoms with E-state index in [1.165, 1.54) is 12.8 Å². The molecule has 5 heteroatoms. The van der Waals surface area contributed by atoms with Crippen LogP contribution in [0.5, 0.6) is 0 Å². The Morgan fingerprint density at radius 2 is 1.79 bits per heavy atom. The first-order valence-corrected chi connectivity index (χ1v) is 10.4. The van der Waals surface area contributed by atoms with E-state index >= 15 is 0 Å². The number of piperidine rings is 1. The Balaban J connectivity index is 1.41. The molecule has 0 aliphatic carbocycles. The minimum Gasteiger partial charge on any atom is -0.339 e. The third kappa shape index (κ3) is 3.47. The van der Waals surface area contributed by atoms with E-state index in [-0.39, 0.29) is 5.91 Å². The molecule has 2 bridgehead atoms. The van der Waals surface area contributed by atoms with E-state index in [2.05, 4.69) is 22.5 Å². The summed E-state index contributed by atoms with van der Waals surface area (Å²) >= 11 is 0. The largest absolute Gasteiger partial charge is 0.339 e. The third-order valence-corrected chi connectivity index (χ3v) is 6.37. The van der Waals surface area contributed by atoms with Crippen LogP contribution in [-0.2, 0) is 0 Å². The van der Waals surface area contributed by atoms with Crippen molar-refractivity contribution in [2.45, 2.75) is 43.8 Å². The van der Waals surface area contributed by atoms with Gasteiger partial charge in [0.25, 0.3) is 5.91 Å². The van der Waals surface area contributed by atoms with Gasteiger partial charge in [-0.3, -0.25) is 4.79 Å². The first-order valence-electron chi connectivity index (χ1n) is 10.4. The molecule has 2 saturated heterocycles. The molecule has 2 aliphatic heterocycles. The van der Waals surface area contributed by atoms with E-state index in [9.17, 15) is 4.79 Å². The maximum atomic E-state index is 13.2. The molecule has 2 aromatic carbocycles. The van der Waals surface area contributed by atoms with Gasteiger partial charge in [-0.25, -0.2) is 4.68 Å². The molecule has 5 rings (SSSR count). The lowest BCUT2D eigenvalue weighted by atomic mass is 9.98. The van der Waals surface area contributed by atoms with Crippen molar-refractivity contribution < 1.29 is 4.79 Å². The second kappa shape index (κ2) is 7.48. The number of rotatable bonds is 4. The van der Waals surface area contributed by atoms with E-state index in [1.807, 2.05) is 65.2 Å². The van der Waals surface area contributed by atoms with Crippen LogP contribution in [0.2, 0.25) is 0 Å². The van der Waals surface area contributed by atoms with E-state index < -0.39 is 0 Å². The van der Waals surface area contributed by atoms with E-state index in [0.29, 0.717) is 23.7 Å². The van der Waals surface area contributed by atoms with Gasteiger partial charge in [-0.05, 0) is 49.9 Å². The Labute approximate surface area is 171 Å². The maximum absolute atomic E-state index is 13.2. The second-order valence-electron chi connectivity index (χ2n) is 8.22. The fraction of sp³-hybridized carbons (Fsp3) is 0.333. The molecule has 148 valence electrons. The summed E-state index contributed by atoms with van der Waals surface area (Å²) in [5.74, 6) is 0.0894. The Morgan fingerprint density at radius 3 is 2.55 bits per heavy atom. The predicted octanol–water partition coefficient (Wildman–Crippen LogP) is 3.89. The van der Waals surface area contributed by atoms with Crippen LogP contribution in [-0.4, -0.2) is 45.8 Å². The van der Waals surface area contributed by atoms with Crippen molar-refractivity contribution in [2.24, 2.45) is 0 Å². The average molecular weight is 386 g/mol. The van der Waals surface area contributed by atoms with Crippen molar-refractivity contribution in [2.75, 3.05) is 7.05 Å². The summed E-state index contributed by atoms with van der Waals surface area (Å²) in [6.45, 7) is 0. The summed E-state index contributed by atoms with van der Waals surface area (Å²) in [5, 5.41) is 8.16. The topological polar surface area (TPSA) is 50.2 Å². The van der Waals surface area contributed by atoms with Crippen molar-refractivity contribution in [3.05, 3.63) is 72.4 Å². The van der Waals surface area contributed by atoms with Crippen LogP contribution in [0.15, 0.2) is 66.9 Å². The number of amides is 1. The average Bonchev–Trinajstić information content (AvgIpc) is 3.39. The molecular formula is C24H26N4O. The minimum atomic E-state index is 0.0894. The highest BCUT2D eigenvalue weighted by atomic mass is 16.2. The van der Waals surface area contributed by atoms with Gasteiger partial charge in [-0.2, -0.15) is 5.10 Å². The summed E-state index contributed by atoms with van der Waals surface area (Å²) in [4.78, 5) is 15.2. The number of carbonyl (C=O) groups is 1. The van der Waals surface area contributed by atoms with Crippen molar-refractivity contribution in [3.8, 4) is 16.9 Å². The number of carbonyl (C=O) groups excluding carboxylic acids is 1. The number of nitrogens with zero attached hydrogens (tertiary/aromatic N) is 3. The monoisotopic (exact) mass is 386 g/mol. The van der Waals surface area contributed by atoms with E-state index in [0.717, 1.165) is 29.8 Å². The molecule has 2 unspecified atom stereocenters. The molecule has 3 heterocycles. The molecule has 2 aliphatic rings. The van der Waals surface area contributed by atoms with Crippen LogP contribution in [0.3, 0.4) is 0 Å². The molecule has 0 spiro atoms. The maximum Gasteiger partial charge on any atom is 0.253 e. The van der Waals surface area contributed by atoms with Gasteiger partial charge in [0.1, 0.15) is 0 Å². The van der Waals surface area contributed by atoms with Crippen LogP contribution in [0, 0.1) is 0 Å². The van der Waals surface area contributed by atoms with Gasteiger partial charge in [0.15, 0.2) is 0 Å². The molecule has 2 atom stereocenters. The molecule has 29 heavy (non-hydrogen) atoms. The Hall–Kier alpha value is -2.92. The van der Waals surface area contributed by atoms with Crippen molar-refractivity contribution in [1.29, 1.82) is 0 Å². The van der Waals surface area contributed by atoms with Gasteiger partial charge < -0.3 is 10.2 Å². The highest BCUT2D eigenvalue weighted by Gasteiger charge is 2.36. The highest BCUT2D eigenvalue weighted by Crippen LogP contribution is 2.30. The standard InChI is InChI=1S/C24H26N4O/c1-27(22-15-19-10-11-20(16-22)26-19)24(29)18-8-5-9-21(14-18)28-23(12-13-25-28)17-6-3-2-4-7-17/h2-9,12-14,19-20,22,26H,10-11,15-16H2,1H3. The highest BCUT2D eigenvalue weighted by molar-refractivity contribution is 5.94. The van der Waals surface area contributed by atoms with E-state index in [4.69, 9.17) is 0 Å². The molecule has 1 N–H and O–H groups in total. The van der Waals surface area contributed by atoms with Crippen molar-refractivity contribution >= 4 is 5.91 Å². The quantitative estimate of drug-likeness (QED) is 0.740. The fourth-order valence-corrected chi connectivity index (χ4v) is 4.82. The Morgan fingerprint density at radius 1 is 1.03 bits per heavy atom. The van der Waals surface area contributed by atoms with Gasteiger partial charge in [0.05, 0.1) is 17.6 Å². The number of nitrogens with one attached hydrogen (secondary N) is 1. The zero-order chi connectivity index (χ0) is 19.8. The van der Waals surface area contributed by atoms with Gasteiger partial charge in [-0.1, -0.05) is 36.4 Å². The predicted molar refractivity (Wildman–Crippen MR) is 114 cm³/mol. The minimum absolute atomic E-state index is 0.0894. The first-order chi connectivity index (χ1) is 14.2. The van der Waals surface area contributed by atoms with Crippen LogP contribution in [0.1, 0.15) is 36.0 Å². The third-order valence-electron chi connectivity index (χ3n) is 6.37. The summed E-state index contributed by atoms with van der Waals surface area (Å²) in [7, 11) is 1.95. The van der Waals surface area contributed by atoms with Gasteiger partial charge in [0, 0.05) is 36.3 Å². The smallest absolute Gasteiger partial charge is 0.253 e. The zero-order valence-corrected chi connectivity index (χ0v) is 16.7. The molecule has 2 fully saturated rings. The Kier molecular flexibility index (Phi) is 4.68. The van der Waals surface area contributed by atoms with Gasteiger partial charge >= 0.3 is 0 Å². The normalized spacial score (nSPS) is 23.1. The molecule has 1 aromatic heterocycles. The van der Waals surface area contributed by atoms with Crippen LogP contribution >= 0.6 is 0 Å². The zero-order valence-electron chi connectivity index (χ0n) is 16.7. The number of hydrogen-bond acceptors (Lipinski definition) is 3. The molecule has 3 aromatic rings. The second-order valence-corrected chi connectivity index (χ2v) is 8.22.